The molecule has 1 aliphatic carbocycles. The van der Waals surface area contributed by atoms with Crippen LogP contribution in [-0.4, -0.2) is 70.4 Å². The second-order valence-electron chi connectivity index (χ2n) is 8.82. The van der Waals surface area contributed by atoms with Gasteiger partial charge in [-0.3, -0.25) is 4.79 Å². The molecule has 4 heterocycles. The molecule has 29 heavy (non-hydrogen) atoms. The summed E-state index contributed by atoms with van der Waals surface area (Å²) >= 11 is 1.38. The highest BCUT2D eigenvalue weighted by Crippen LogP contribution is 2.42. The van der Waals surface area contributed by atoms with Crippen molar-refractivity contribution in [1.29, 1.82) is 0 Å². The number of amides is 1. The Morgan fingerprint density at radius 3 is 2.31 bits per heavy atom. The number of hydrogen-bond donors (Lipinski definition) is 2. The summed E-state index contributed by atoms with van der Waals surface area (Å²) in [6.07, 6.45) is 6.72. The van der Waals surface area contributed by atoms with Crippen molar-refractivity contribution in [2.75, 3.05) is 13.1 Å². The minimum absolute atomic E-state index is 0.0190. The Morgan fingerprint density at radius 1 is 1.03 bits per heavy atom. The molecular formula is C18H28N6O3S2. The van der Waals surface area contributed by atoms with E-state index < -0.39 is 10.2 Å². The monoisotopic (exact) mass is 440 g/mol. The first-order valence-corrected chi connectivity index (χ1v) is 12.8. The van der Waals surface area contributed by atoms with E-state index in [0.29, 0.717) is 49.7 Å². The molecule has 3 saturated heterocycles. The minimum atomic E-state index is -3.47. The van der Waals surface area contributed by atoms with Crippen LogP contribution in [-0.2, 0) is 10.2 Å². The fourth-order valence-corrected chi connectivity index (χ4v) is 7.93. The number of fused-ring (bicyclic) bond motifs is 2. The summed E-state index contributed by atoms with van der Waals surface area (Å²) in [4.78, 5) is 12.6. The van der Waals surface area contributed by atoms with Crippen LogP contribution in [0, 0.1) is 0 Å². The predicted molar refractivity (Wildman–Crippen MR) is 109 cm³/mol. The summed E-state index contributed by atoms with van der Waals surface area (Å²) in [5, 5.41) is 12.6. The Kier molecular flexibility index (Phi) is 5.14. The van der Waals surface area contributed by atoms with Gasteiger partial charge in [0.1, 0.15) is 5.01 Å². The fourth-order valence-electron chi connectivity index (χ4n) is 4.94. The van der Waals surface area contributed by atoms with E-state index in [4.69, 9.17) is 5.73 Å². The van der Waals surface area contributed by atoms with Gasteiger partial charge in [0.05, 0.1) is 0 Å². The smallest absolute Gasteiger partial charge is 0.282 e. The van der Waals surface area contributed by atoms with E-state index in [1.54, 1.807) is 8.61 Å². The maximum Gasteiger partial charge on any atom is 0.282 e. The normalized spacial score (nSPS) is 31.8. The van der Waals surface area contributed by atoms with Gasteiger partial charge in [-0.1, -0.05) is 11.3 Å². The van der Waals surface area contributed by atoms with E-state index in [2.05, 4.69) is 15.5 Å². The highest BCUT2D eigenvalue weighted by Gasteiger charge is 2.49. The van der Waals surface area contributed by atoms with Crippen LogP contribution < -0.4 is 11.1 Å². The summed E-state index contributed by atoms with van der Waals surface area (Å²) in [7, 11) is -3.47. The van der Waals surface area contributed by atoms with Gasteiger partial charge in [-0.05, 0) is 51.4 Å². The maximum atomic E-state index is 13.2. The zero-order valence-electron chi connectivity index (χ0n) is 16.4. The summed E-state index contributed by atoms with van der Waals surface area (Å²) < 4.78 is 29.8. The lowest BCUT2D eigenvalue weighted by atomic mass is 10.00. The maximum absolute atomic E-state index is 13.2. The van der Waals surface area contributed by atoms with Gasteiger partial charge in [0.25, 0.3) is 16.1 Å². The van der Waals surface area contributed by atoms with Gasteiger partial charge in [0.15, 0.2) is 0 Å². The number of aromatic nitrogens is 2. The predicted octanol–water partition coefficient (Wildman–Crippen LogP) is 0.809. The van der Waals surface area contributed by atoms with Crippen LogP contribution in [0.25, 0.3) is 0 Å². The zero-order valence-corrected chi connectivity index (χ0v) is 18.0. The van der Waals surface area contributed by atoms with E-state index in [9.17, 15) is 13.2 Å². The Bertz CT molecular complexity index is 864. The lowest BCUT2D eigenvalue weighted by Gasteiger charge is -2.41. The van der Waals surface area contributed by atoms with Crippen molar-refractivity contribution in [2.45, 2.75) is 81.5 Å². The molecule has 0 unspecified atom stereocenters. The number of piperidine rings is 2. The van der Waals surface area contributed by atoms with Crippen LogP contribution in [0.15, 0.2) is 0 Å². The quantitative estimate of drug-likeness (QED) is 0.699. The highest BCUT2D eigenvalue weighted by molar-refractivity contribution is 7.86. The Balaban J connectivity index is 1.23. The molecule has 160 valence electrons. The Labute approximate surface area is 175 Å². The third kappa shape index (κ3) is 3.83. The van der Waals surface area contributed by atoms with Crippen LogP contribution in [0.4, 0.5) is 0 Å². The van der Waals surface area contributed by atoms with Crippen molar-refractivity contribution in [2.24, 2.45) is 5.73 Å². The molecule has 1 saturated carbocycles. The molecular weight excluding hydrogens is 412 g/mol. The average molecular weight is 441 g/mol. The van der Waals surface area contributed by atoms with Gasteiger partial charge in [-0.15, -0.1) is 10.2 Å². The first-order valence-electron chi connectivity index (χ1n) is 10.6. The van der Waals surface area contributed by atoms with Crippen LogP contribution >= 0.6 is 11.3 Å². The molecule has 0 spiro atoms. The number of rotatable bonds is 5. The van der Waals surface area contributed by atoms with E-state index in [1.807, 2.05) is 0 Å². The van der Waals surface area contributed by atoms with E-state index in [-0.39, 0.29) is 30.1 Å². The number of hydrogen-bond acceptors (Lipinski definition) is 7. The van der Waals surface area contributed by atoms with Crippen molar-refractivity contribution >= 4 is 27.5 Å². The van der Waals surface area contributed by atoms with Crippen LogP contribution in [0.2, 0.25) is 0 Å². The van der Waals surface area contributed by atoms with Gasteiger partial charge in [-0.2, -0.15) is 17.0 Å². The van der Waals surface area contributed by atoms with Gasteiger partial charge in [0.2, 0.25) is 5.01 Å². The average Bonchev–Trinajstić information content (AvgIpc) is 3.34. The summed E-state index contributed by atoms with van der Waals surface area (Å²) in [5.41, 5.74) is 5.94. The van der Waals surface area contributed by atoms with Crippen molar-refractivity contribution in [3.8, 4) is 0 Å². The number of nitrogens with two attached hydrogens (primary N) is 1. The molecule has 1 aromatic rings. The molecule has 0 radical (unpaired) electrons. The molecule has 0 aromatic carbocycles. The second-order valence-corrected chi connectivity index (χ2v) is 11.7. The lowest BCUT2D eigenvalue weighted by Crippen LogP contribution is -2.57. The van der Waals surface area contributed by atoms with Crippen molar-refractivity contribution in [3.63, 3.8) is 0 Å². The Morgan fingerprint density at radius 2 is 1.69 bits per heavy atom. The molecule has 3 atom stereocenters. The van der Waals surface area contributed by atoms with Crippen molar-refractivity contribution < 1.29 is 13.2 Å². The first kappa shape index (κ1) is 19.8. The fraction of sp³-hybridized carbons (Fsp3) is 0.833. The summed E-state index contributed by atoms with van der Waals surface area (Å²) in [5.74, 6) is 0.308. The van der Waals surface area contributed by atoms with Gasteiger partial charge in [-0.25, -0.2) is 0 Å². The molecule has 4 fully saturated rings. The number of nitrogens with one attached hydrogen (secondary N) is 1. The third-order valence-corrected chi connectivity index (χ3v) is 9.89. The van der Waals surface area contributed by atoms with E-state index in [0.717, 1.165) is 30.7 Å². The molecule has 4 aliphatic rings. The highest BCUT2D eigenvalue weighted by atomic mass is 32.2. The number of carbonyl (C=O) groups is 1. The van der Waals surface area contributed by atoms with E-state index in [1.165, 1.54) is 11.3 Å². The Hall–Kier alpha value is -1.14. The molecule has 1 aromatic heterocycles. The molecule has 5 rings (SSSR count). The third-order valence-electron chi connectivity index (χ3n) is 6.65. The second kappa shape index (κ2) is 7.52. The molecule has 11 heteroatoms. The number of carbonyl (C=O) groups excluding carboxylic acids is 1. The van der Waals surface area contributed by atoms with Crippen molar-refractivity contribution in [1.82, 2.24) is 24.1 Å². The van der Waals surface area contributed by atoms with E-state index >= 15 is 0 Å². The molecule has 1 amide bonds. The summed E-state index contributed by atoms with van der Waals surface area (Å²) in [6.45, 7) is 1.000. The molecule has 2 bridgehead atoms. The minimum Gasteiger partial charge on any atom is -0.347 e. The zero-order chi connectivity index (χ0) is 20.2. The molecule has 9 nitrogen and oxygen atoms in total. The SMILES string of the molecule is NC1CCN(S(=O)(=O)N2[C@@H]3CC[C@H]2C[C@@H](NC(=O)c2nnc(C4CC4)s2)C3)CC1. The number of nitrogens with zero attached hydrogens (tertiary/aromatic N) is 4. The first-order chi connectivity index (χ1) is 13.9. The standard InChI is InChI=1S/C18H28N6O3S2/c19-12-5-7-23(8-6-12)29(26,27)24-14-3-4-15(24)10-13(9-14)20-16(25)18-22-21-17(28-18)11-1-2-11/h11-15H,1-10,19H2,(H,20,25)/t13-,14+,15-. The summed E-state index contributed by atoms with van der Waals surface area (Å²) in [6, 6.07) is -0.0124. The van der Waals surface area contributed by atoms with Gasteiger partial charge in [0, 0.05) is 43.2 Å². The van der Waals surface area contributed by atoms with Crippen LogP contribution in [0.5, 0.6) is 0 Å². The topological polar surface area (TPSA) is 122 Å². The molecule has 3 aliphatic heterocycles. The molecule has 3 N–H and O–H groups in total. The lowest BCUT2D eigenvalue weighted by molar-refractivity contribution is 0.0905. The van der Waals surface area contributed by atoms with Crippen LogP contribution in [0.1, 0.15) is 72.1 Å². The van der Waals surface area contributed by atoms with Crippen LogP contribution in [0.3, 0.4) is 0 Å². The largest absolute Gasteiger partial charge is 0.347 e. The van der Waals surface area contributed by atoms with Crippen molar-refractivity contribution in [3.05, 3.63) is 10.0 Å². The van der Waals surface area contributed by atoms with Gasteiger partial charge >= 0.3 is 0 Å². The van der Waals surface area contributed by atoms with Gasteiger partial charge < -0.3 is 11.1 Å².